The highest BCUT2D eigenvalue weighted by Crippen LogP contribution is 2.25. The van der Waals surface area contributed by atoms with Crippen molar-refractivity contribution in [1.29, 1.82) is 0 Å². The van der Waals surface area contributed by atoms with E-state index in [4.69, 9.17) is 4.42 Å². The number of aromatic nitrogens is 5. The highest BCUT2D eigenvalue weighted by molar-refractivity contribution is 7.98. The van der Waals surface area contributed by atoms with Crippen LogP contribution in [0.5, 0.6) is 0 Å². The van der Waals surface area contributed by atoms with Gasteiger partial charge >= 0.3 is 0 Å². The van der Waals surface area contributed by atoms with Crippen LogP contribution in [0.4, 0.5) is 0 Å². The molecule has 3 heterocycles. The van der Waals surface area contributed by atoms with Gasteiger partial charge in [-0.05, 0) is 19.9 Å². The second-order valence-corrected chi connectivity index (χ2v) is 6.37. The first-order chi connectivity index (χ1) is 11.7. The molecule has 6 nitrogen and oxygen atoms in total. The van der Waals surface area contributed by atoms with Crippen LogP contribution in [0.25, 0.3) is 17.1 Å². The molecule has 0 aliphatic heterocycles. The topological polar surface area (TPSA) is 69.1 Å². The van der Waals surface area contributed by atoms with Crippen molar-refractivity contribution >= 4 is 17.5 Å². The van der Waals surface area contributed by atoms with Gasteiger partial charge < -0.3 is 4.42 Å². The lowest BCUT2D eigenvalue weighted by Crippen LogP contribution is -1.97. The number of benzene rings is 1. The minimum absolute atomic E-state index is 0.584. The van der Waals surface area contributed by atoms with Crippen LogP contribution >= 0.6 is 11.8 Å². The van der Waals surface area contributed by atoms with Crippen LogP contribution in [0.3, 0.4) is 0 Å². The number of rotatable bonds is 4. The number of nitrogens with zero attached hydrogens (tertiary/aromatic N) is 5. The zero-order chi connectivity index (χ0) is 16.5. The number of aryl methyl sites for hydroxylation is 2. The summed E-state index contributed by atoms with van der Waals surface area (Å²) in [6.07, 6.45) is 1.75. The van der Waals surface area contributed by atoms with Crippen LogP contribution < -0.4 is 0 Å². The van der Waals surface area contributed by atoms with E-state index >= 15 is 0 Å². The SMILES string of the molecule is Cc1cc(C)n2c(SCc3ncc(-c4ccccc4)o3)nnc2n1. The molecule has 0 amide bonds. The average molecular weight is 337 g/mol. The highest BCUT2D eigenvalue weighted by atomic mass is 32.2. The molecule has 0 saturated carbocycles. The first-order valence-corrected chi connectivity index (χ1v) is 8.51. The van der Waals surface area contributed by atoms with E-state index in [1.54, 1.807) is 6.20 Å². The quantitative estimate of drug-likeness (QED) is 0.529. The first kappa shape index (κ1) is 14.9. The molecule has 4 rings (SSSR count). The van der Waals surface area contributed by atoms with E-state index in [1.807, 2.05) is 54.6 Å². The summed E-state index contributed by atoms with van der Waals surface area (Å²) in [6.45, 7) is 3.97. The Morgan fingerprint density at radius 3 is 2.79 bits per heavy atom. The molecule has 0 aliphatic carbocycles. The van der Waals surface area contributed by atoms with Crippen molar-refractivity contribution in [3.63, 3.8) is 0 Å². The van der Waals surface area contributed by atoms with E-state index in [1.165, 1.54) is 11.8 Å². The van der Waals surface area contributed by atoms with Gasteiger partial charge in [0.25, 0.3) is 5.78 Å². The third-order valence-electron chi connectivity index (χ3n) is 3.60. The van der Waals surface area contributed by atoms with Gasteiger partial charge in [0.15, 0.2) is 10.9 Å². The molecule has 24 heavy (non-hydrogen) atoms. The van der Waals surface area contributed by atoms with Gasteiger partial charge in [0.1, 0.15) is 0 Å². The first-order valence-electron chi connectivity index (χ1n) is 7.53. The van der Waals surface area contributed by atoms with Crippen LogP contribution in [-0.4, -0.2) is 24.6 Å². The van der Waals surface area contributed by atoms with E-state index in [-0.39, 0.29) is 0 Å². The summed E-state index contributed by atoms with van der Waals surface area (Å²) in [7, 11) is 0. The molecule has 4 aromatic rings. The average Bonchev–Trinajstić information content (AvgIpc) is 3.20. The molecule has 0 unspecified atom stereocenters. The zero-order valence-electron chi connectivity index (χ0n) is 13.3. The zero-order valence-corrected chi connectivity index (χ0v) is 14.1. The molecule has 0 fully saturated rings. The largest absolute Gasteiger partial charge is 0.440 e. The Hall–Kier alpha value is -2.67. The molecule has 1 aromatic carbocycles. The van der Waals surface area contributed by atoms with E-state index in [9.17, 15) is 0 Å². The normalized spacial score (nSPS) is 11.2. The summed E-state index contributed by atoms with van der Waals surface area (Å²) in [5.74, 6) is 2.63. The van der Waals surface area contributed by atoms with Crippen molar-refractivity contribution in [2.75, 3.05) is 0 Å². The maximum Gasteiger partial charge on any atom is 0.256 e. The number of hydrogen-bond donors (Lipinski definition) is 0. The minimum atomic E-state index is 0.584. The van der Waals surface area contributed by atoms with Crippen LogP contribution in [0, 0.1) is 13.8 Å². The Labute approximate surface area is 143 Å². The summed E-state index contributed by atoms with van der Waals surface area (Å²) in [5.41, 5.74) is 3.01. The van der Waals surface area contributed by atoms with E-state index in [0.29, 0.717) is 17.4 Å². The Morgan fingerprint density at radius 1 is 1.12 bits per heavy atom. The number of fused-ring (bicyclic) bond motifs is 1. The van der Waals surface area contributed by atoms with Crippen molar-refractivity contribution in [3.8, 4) is 11.3 Å². The van der Waals surface area contributed by atoms with E-state index in [0.717, 1.165) is 27.9 Å². The molecule has 0 spiro atoms. The van der Waals surface area contributed by atoms with Gasteiger partial charge in [0.05, 0.1) is 11.9 Å². The maximum atomic E-state index is 5.82. The van der Waals surface area contributed by atoms with Crippen molar-refractivity contribution in [2.45, 2.75) is 24.8 Å². The van der Waals surface area contributed by atoms with Gasteiger partial charge in [-0.15, -0.1) is 10.2 Å². The summed E-state index contributed by atoms with van der Waals surface area (Å²) in [6, 6.07) is 11.9. The van der Waals surface area contributed by atoms with Gasteiger partial charge in [-0.3, -0.25) is 4.40 Å². The Kier molecular flexibility index (Phi) is 3.78. The summed E-state index contributed by atoms with van der Waals surface area (Å²) >= 11 is 1.53. The molecule has 120 valence electrons. The van der Waals surface area contributed by atoms with Crippen molar-refractivity contribution < 1.29 is 4.42 Å². The van der Waals surface area contributed by atoms with E-state index in [2.05, 4.69) is 20.2 Å². The lowest BCUT2D eigenvalue weighted by atomic mass is 10.2. The van der Waals surface area contributed by atoms with Crippen LogP contribution in [0.15, 0.2) is 52.2 Å². The number of oxazole rings is 1. The summed E-state index contributed by atoms with van der Waals surface area (Å²) in [4.78, 5) is 8.74. The predicted molar refractivity (Wildman–Crippen MR) is 91.8 cm³/mol. The van der Waals surface area contributed by atoms with Gasteiger partial charge in [-0.2, -0.15) is 0 Å². The highest BCUT2D eigenvalue weighted by Gasteiger charge is 2.12. The molecule has 0 radical (unpaired) electrons. The molecular weight excluding hydrogens is 322 g/mol. The van der Waals surface area contributed by atoms with Crippen LogP contribution in [-0.2, 0) is 5.75 Å². The van der Waals surface area contributed by atoms with Gasteiger partial charge in [0.2, 0.25) is 5.89 Å². The van der Waals surface area contributed by atoms with Gasteiger partial charge in [-0.25, -0.2) is 9.97 Å². The van der Waals surface area contributed by atoms with Crippen LogP contribution in [0.2, 0.25) is 0 Å². The maximum absolute atomic E-state index is 5.82. The predicted octanol–water partition coefficient (Wildman–Crippen LogP) is 3.69. The molecule has 0 bridgehead atoms. The third kappa shape index (κ3) is 2.78. The van der Waals surface area contributed by atoms with Crippen molar-refractivity contribution in [3.05, 3.63) is 59.9 Å². The minimum Gasteiger partial charge on any atom is -0.440 e. The molecule has 0 N–H and O–H groups in total. The fourth-order valence-electron chi connectivity index (χ4n) is 2.53. The van der Waals surface area contributed by atoms with Gasteiger partial charge in [0, 0.05) is 17.0 Å². The third-order valence-corrected chi connectivity index (χ3v) is 4.51. The lowest BCUT2D eigenvalue weighted by Gasteiger charge is -2.03. The standard InChI is InChI=1S/C17H15N5OS/c1-11-8-12(2)22-16(19-11)20-21-17(22)24-10-15-18-9-14(23-15)13-6-4-3-5-7-13/h3-9H,10H2,1-2H3. The van der Waals surface area contributed by atoms with Crippen LogP contribution in [0.1, 0.15) is 17.3 Å². The van der Waals surface area contributed by atoms with Crippen molar-refractivity contribution in [2.24, 2.45) is 0 Å². The summed E-state index contributed by atoms with van der Waals surface area (Å²) < 4.78 is 7.77. The Bertz CT molecular complexity index is 993. The lowest BCUT2D eigenvalue weighted by molar-refractivity contribution is 0.529. The smallest absolute Gasteiger partial charge is 0.256 e. The second-order valence-electron chi connectivity index (χ2n) is 5.43. The Balaban J connectivity index is 1.55. The Morgan fingerprint density at radius 2 is 1.96 bits per heavy atom. The molecular formula is C17H15N5OS. The molecule has 0 saturated heterocycles. The molecule has 0 atom stereocenters. The molecule has 3 aromatic heterocycles. The molecule has 7 heteroatoms. The van der Waals surface area contributed by atoms with Crippen molar-refractivity contribution in [1.82, 2.24) is 24.6 Å². The monoisotopic (exact) mass is 337 g/mol. The second kappa shape index (κ2) is 6.09. The van der Waals surface area contributed by atoms with E-state index < -0.39 is 0 Å². The van der Waals surface area contributed by atoms with Gasteiger partial charge in [-0.1, -0.05) is 42.1 Å². The summed E-state index contributed by atoms with van der Waals surface area (Å²) in [5, 5.41) is 9.14. The number of thioether (sulfide) groups is 1. The molecule has 0 aliphatic rings. The fourth-order valence-corrected chi connectivity index (χ4v) is 3.37. The fraction of sp³-hybridized carbons (Fsp3) is 0.176. The number of hydrogen-bond acceptors (Lipinski definition) is 6.